The molecular weight excluding hydrogens is 300 g/mol. The summed E-state index contributed by atoms with van der Waals surface area (Å²) < 4.78 is 5.36. The largest absolute Gasteiger partial charge is 0.381 e. The van der Waals surface area contributed by atoms with Crippen molar-refractivity contribution in [1.82, 2.24) is 15.0 Å². The molecule has 4 rings (SSSR count). The predicted octanol–water partition coefficient (Wildman–Crippen LogP) is 3.53. The van der Waals surface area contributed by atoms with Crippen molar-refractivity contribution in [3.8, 4) is 11.4 Å². The molecule has 5 nitrogen and oxygen atoms in total. The second-order valence-electron chi connectivity index (χ2n) is 6.23. The Balaban J connectivity index is 1.63. The van der Waals surface area contributed by atoms with E-state index in [4.69, 9.17) is 9.72 Å². The van der Waals surface area contributed by atoms with Gasteiger partial charge in [-0.15, -0.1) is 0 Å². The van der Waals surface area contributed by atoms with Crippen molar-refractivity contribution in [2.24, 2.45) is 5.92 Å². The smallest absolute Gasteiger partial charge is 0.163 e. The SMILES string of the molecule is COC1CC(CNc2nc(-c3cccnc3)nc3ccccc23)C1. The van der Waals surface area contributed by atoms with Crippen LogP contribution in [0.25, 0.3) is 22.3 Å². The van der Waals surface area contributed by atoms with E-state index in [9.17, 15) is 0 Å². The van der Waals surface area contributed by atoms with Crippen molar-refractivity contribution in [3.05, 3.63) is 48.8 Å². The number of pyridine rings is 1. The van der Waals surface area contributed by atoms with Crippen molar-refractivity contribution < 1.29 is 4.74 Å². The number of benzene rings is 1. The lowest BCUT2D eigenvalue weighted by Crippen LogP contribution is -2.34. The maximum absolute atomic E-state index is 5.36. The van der Waals surface area contributed by atoms with E-state index in [0.717, 1.165) is 41.7 Å². The van der Waals surface area contributed by atoms with E-state index in [-0.39, 0.29) is 0 Å². The lowest BCUT2D eigenvalue weighted by Gasteiger charge is -2.34. The van der Waals surface area contributed by atoms with E-state index in [0.29, 0.717) is 17.8 Å². The zero-order valence-corrected chi connectivity index (χ0v) is 13.6. The zero-order valence-electron chi connectivity index (χ0n) is 13.6. The van der Waals surface area contributed by atoms with E-state index < -0.39 is 0 Å². The van der Waals surface area contributed by atoms with E-state index >= 15 is 0 Å². The average molecular weight is 320 g/mol. The summed E-state index contributed by atoms with van der Waals surface area (Å²) in [7, 11) is 1.78. The monoisotopic (exact) mass is 320 g/mol. The van der Waals surface area contributed by atoms with Gasteiger partial charge >= 0.3 is 0 Å². The van der Waals surface area contributed by atoms with Gasteiger partial charge in [0.2, 0.25) is 0 Å². The molecule has 1 aliphatic carbocycles. The molecule has 2 heterocycles. The standard InChI is InChI=1S/C19H20N4O/c1-24-15-9-13(10-15)11-21-19-16-6-2-3-7-17(16)22-18(23-19)14-5-4-8-20-12-14/h2-8,12-13,15H,9-11H2,1H3,(H,21,22,23). The number of methoxy groups -OCH3 is 1. The third kappa shape index (κ3) is 2.95. The highest BCUT2D eigenvalue weighted by Crippen LogP contribution is 2.31. The zero-order chi connectivity index (χ0) is 16.4. The summed E-state index contributed by atoms with van der Waals surface area (Å²) >= 11 is 0. The van der Waals surface area contributed by atoms with Crippen LogP contribution in [0.2, 0.25) is 0 Å². The fraction of sp³-hybridized carbons (Fsp3) is 0.316. The van der Waals surface area contributed by atoms with Gasteiger partial charge in [0, 0.05) is 37.0 Å². The van der Waals surface area contributed by atoms with Gasteiger partial charge in [0.15, 0.2) is 5.82 Å². The van der Waals surface area contributed by atoms with Crippen LogP contribution in [0.4, 0.5) is 5.82 Å². The van der Waals surface area contributed by atoms with Gasteiger partial charge in [-0.1, -0.05) is 12.1 Å². The third-order valence-electron chi connectivity index (χ3n) is 4.61. The second-order valence-corrected chi connectivity index (χ2v) is 6.23. The number of nitrogens with zero attached hydrogens (tertiary/aromatic N) is 3. The molecule has 24 heavy (non-hydrogen) atoms. The first-order chi connectivity index (χ1) is 11.8. The quantitative estimate of drug-likeness (QED) is 0.779. The molecule has 0 aliphatic heterocycles. The second kappa shape index (κ2) is 6.53. The van der Waals surface area contributed by atoms with E-state index in [2.05, 4.69) is 21.4 Å². The van der Waals surface area contributed by atoms with Crippen molar-refractivity contribution in [2.45, 2.75) is 18.9 Å². The molecule has 0 amide bonds. The fourth-order valence-electron chi connectivity index (χ4n) is 3.11. The van der Waals surface area contributed by atoms with Crippen molar-refractivity contribution >= 4 is 16.7 Å². The lowest BCUT2D eigenvalue weighted by molar-refractivity contribution is 0.00562. The topological polar surface area (TPSA) is 59.9 Å². The molecule has 1 fully saturated rings. The van der Waals surface area contributed by atoms with Crippen molar-refractivity contribution in [1.29, 1.82) is 0 Å². The Labute approximate surface area is 141 Å². The summed E-state index contributed by atoms with van der Waals surface area (Å²) in [5.74, 6) is 2.23. The van der Waals surface area contributed by atoms with Crippen LogP contribution in [0.1, 0.15) is 12.8 Å². The Morgan fingerprint density at radius 3 is 2.79 bits per heavy atom. The molecule has 3 aromatic rings. The molecule has 1 aliphatic rings. The van der Waals surface area contributed by atoms with Crippen LogP contribution >= 0.6 is 0 Å². The van der Waals surface area contributed by atoms with Crippen LogP contribution in [0.3, 0.4) is 0 Å². The Kier molecular flexibility index (Phi) is 4.09. The van der Waals surface area contributed by atoms with Crippen LogP contribution in [0.15, 0.2) is 48.8 Å². The molecule has 5 heteroatoms. The minimum Gasteiger partial charge on any atom is -0.381 e. The van der Waals surface area contributed by atoms with Gasteiger partial charge < -0.3 is 10.1 Å². The fourth-order valence-corrected chi connectivity index (χ4v) is 3.11. The van der Waals surface area contributed by atoms with Crippen LogP contribution in [-0.2, 0) is 4.74 Å². The van der Waals surface area contributed by atoms with E-state index in [1.54, 1.807) is 19.5 Å². The summed E-state index contributed by atoms with van der Waals surface area (Å²) in [5.41, 5.74) is 1.87. The molecule has 1 N–H and O–H groups in total. The molecule has 122 valence electrons. The Bertz CT molecular complexity index is 831. The van der Waals surface area contributed by atoms with Crippen LogP contribution < -0.4 is 5.32 Å². The first kappa shape index (κ1) is 15.0. The Morgan fingerprint density at radius 2 is 2.00 bits per heavy atom. The Hall–Kier alpha value is -2.53. The van der Waals surface area contributed by atoms with Gasteiger partial charge in [-0.05, 0) is 43.0 Å². The first-order valence-electron chi connectivity index (χ1n) is 8.27. The molecule has 1 aromatic carbocycles. The van der Waals surface area contributed by atoms with Gasteiger partial charge in [0.1, 0.15) is 5.82 Å². The molecule has 0 unspecified atom stereocenters. The van der Waals surface area contributed by atoms with Crippen molar-refractivity contribution in [3.63, 3.8) is 0 Å². The summed E-state index contributed by atoms with van der Waals surface area (Å²) in [4.78, 5) is 13.6. The molecule has 0 atom stereocenters. The maximum Gasteiger partial charge on any atom is 0.163 e. The number of hydrogen-bond donors (Lipinski definition) is 1. The number of hydrogen-bond acceptors (Lipinski definition) is 5. The molecule has 0 spiro atoms. The van der Waals surface area contributed by atoms with E-state index in [1.807, 2.05) is 30.3 Å². The minimum absolute atomic E-state index is 0.421. The predicted molar refractivity (Wildman–Crippen MR) is 94.8 cm³/mol. The highest BCUT2D eigenvalue weighted by atomic mass is 16.5. The highest BCUT2D eigenvalue weighted by molar-refractivity contribution is 5.90. The Morgan fingerprint density at radius 1 is 1.12 bits per heavy atom. The molecule has 0 radical (unpaired) electrons. The number of rotatable bonds is 5. The normalized spacial score (nSPS) is 19.9. The van der Waals surface area contributed by atoms with Gasteiger partial charge in [0.05, 0.1) is 11.6 Å². The third-order valence-corrected chi connectivity index (χ3v) is 4.61. The summed E-state index contributed by atoms with van der Waals surface area (Å²) in [6.07, 6.45) is 6.20. The number of anilines is 1. The maximum atomic E-state index is 5.36. The van der Waals surface area contributed by atoms with Gasteiger partial charge in [-0.25, -0.2) is 9.97 Å². The number of nitrogens with one attached hydrogen (secondary N) is 1. The number of para-hydroxylation sites is 1. The molecule has 0 saturated heterocycles. The minimum atomic E-state index is 0.421. The van der Waals surface area contributed by atoms with E-state index in [1.165, 1.54) is 0 Å². The van der Waals surface area contributed by atoms with Crippen LogP contribution in [-0.4, -0.2) is 34.7 Å². The van der Waals surface area contributed by atoms with Gasteiger partial charge in [0.25, 0.3) is 0 Å². The number of fused-ring (bicyclic) bond motifs is 1. The highest BCUT2D eigenvalue weighted by Gasteiger charge is 2.28. The average Bonchev–Trinajstić information content (AvgIpc) is 2.61. The van der Waals surface area contributed by atoms with Gasteiger partial charge in [-0.2, -0.15) is 0 Å². The van der Waals surface area contributed by atoms with Crippen LogP contribution in [0.5, 0.6) is 0 Å². The molecular formula is C19H20N4O. The summed E-state index contributed by atoms with van der Waals surface area (Å²) in [5, 5.41) is 4.57. The van der Waals surface area contributed by atoms with Gasteiger partial charge in [-0.3, -0.25) is 4.98 Å². The number of aromatic nitrogens is 3. The lowest BCUT2D eigenvalue weighted by atomic mass is 9.82. The molecule has 2 aromatic heterocycles. The number of ether oxygens (including phenoxy) is 1. The van der Waals surface area contributed by atoms with Crippen molar-refractivity contribution in [2.75, 3.05) is 19.0 Å². The molecule has 1 saturated carbocycles. The molecule has 0 bridgehead atoms. The van der Waals surface area contributed by atoms with Crippen LogP contribution in [0, 0.1) is 5.92 Å². The first-order valence-corrected chi connectivity index (χ1v) is 8.27. The summed E-state index contributed by atoms with van der Waals surface area (Å²) in [6, 6.07) is 12.0. The summed E-state index contributed by atoms with van der Waals surface area (Å²) in [6.45, 7) is 0.910.